The predicted octanol–water partition coefficient (Wildman–Crippen LogP) is -0.438. The van der Waals surface area contributed by atoms with Crippen LogP contribution in [0.2, 0.25) is 0 Å². The van der Waals surface area contributed by atoms with Gasteiger partial charge in [-0.25, -0.2) is 4.79 Å². The van der Waals surface area contributed by atoms with Gasteiger partial charge in [0.05, 0.1) is 0 Å². The Labute approximate surface area is 120 Å². The summed E-state index contributed by atoms with van der Waals surface area (Å²) in [6.07, 6.45) is 0.496. The molecule has 0 unspecified atom stereocenters. The molecule has 0 saturated heterocycles. The number of halogens is 1. The van der Waals surface area contributed by atoms with Crippen LogP contribution < -0.4 is 18.9 Å². The molecule has 0 spiro atoms. The van der Waals surface area contributed by atoms with Gasteiger partial charge in [0.15, 0.2) is 0 Å². The van der Waals surface area contributed by atoms with E-state index in [1.807, 2.05) is 0 Å². The van der Waals surface area contributed by atoms with Gasteiger partial charge in [-0.05, 0) is 5.56 Å². The van der Waals surface area contributed by atoms with E-state index in [1.54, 1.807) is 6.92 Å². The summed E-state index contributed by atoms with van der Waals surface area (Å²) in [7, 11) is 0. The minimum absolute atomic E-state index is 0. The van der Waals surface area contributed by atoms with Crippen LogP contribution in [0, 0.1) is 25.7 Å². The molecule has 1 N–H and O–H groups in total. The Balaban J connectivity index is 0. The van der Waals surface area contributed by atoms with Gasteiger partial charge in [0.2, 0.25) is 0 Å². The van der Waals surface area contributed by atoms with Crippen LogP contribution in [-0.4, -0.2) is 24.3 Å². The average Bonchev–Trinajstić information content (AvgIpc) is 2.30. The van der Waals surface area contributed by atoms with Crippen molar-refractivity contribution in [2.75, 3.05) is 13.2 Å². The monoisotopic (exact) mass is 246 g/mol. The van der Waals surface area contributed by atoms with Crippen LogP contribution in [-0.2, 0) is 11.2 Å². The van der Waals surface area contributed by atoms with Crippen LogP contribution in [0.15, 0.2) is 12.1 Å². The number of aryl methyl sites for hydroxylation is 1. The second kappa shape index (κ2) is 11.3. The second-order valence-electron chi connectivity index (χ2n) is 2.97. The first kappa shape index (κ1) is 19.5. The van der Waals surface area contributed by atoms with Gasteiger partial charge in [-0.3, -0.25) is 4.39 Å². The number of carboxylic acids is 1. The Bertz CT molecular complexity index is 354. The molecule has 96 valence electrons. The van der Waals surface area contributed by atoms with E-state index in [4.69, 9.17) is 5.11 Å². The van der Waals surface area contributed by atoms with E-state index in [0.29, 0.717) is 25.2 Å². The topological polar surface area (TPSA) is 46.5 Å². The summed E-state index contributed by atoms with van der Waals surface area (Å²) in [4.78, 5) is 10.5. The summed E-state index contributed by atoms with van der Waals surface area (Å²) in [5.41, 5.74) is 0.235. The molecule has 0 atom stereocenters. The maximum absolute atomic E-state index is 12.9. The largest absolute Gasteiger partial charge is 1.00 e. The number of carboxylic acid groups (broad SMARTS) is 1. The fourth-order valence-corrected chi connectivity index (χ4v) is 1.13. The van der Waals surface area contributed by atoms with Gasteiger partial charge in [-0.2, -0.15) is 12.1 Å². The molecule has 0 aromatic heterocycles. The summed E-state index contributed by atoms with van der Waals surface area (Å²) in [6, 6.07) is 5.06. The van der Waals surface area contributed by atoms with Gasteiger partial charge in [-0.1, -0.05) is 26.6 Å². The van der Waals surface area contributed by atoms with Crippen LogP contribution >= 0.6 is 0 Å². The van der Waals surface area contributed by atoms with Crippen molar-refractivity contribution in [3.8, 4) is 0 Å². The number of benzene rings is 1. The van der Waals surface area contributed by atoms with Crippen molar-refractivity contribution >= 4 is 5.97 Å². The third-order valence-corrected chi connectivity index (χ3v) is 1.91. The standard InChI is InChI=1S/C9H8FO2.C4H8O.Li/c1-2-6-4-3-5-7(10)8(6)9(11)12;1-3-5-4-2;/h4-5H,2H2,1H3,(H,11,12);1-4H2;/q-1;-2;+1. The van der Waals surface area contributed by atoms with Crippen LogP contribution in [0.1, 0.15) is 22.8 Å². The van der Waals surface area contributed by atoms with Gasteiger partial charge in [0.25, 0.3) is 0 Å². The van der Waals surface area contributed by atoms with E-state index >= 15 is 0 Å². The molecule has 0 bridgehead atoms. The van der Waals surface area contributed by atoms with E-state index in [-0.39, 0.29) is 24.4 Å². The summed E-state index contributed by atoms with van der Waals surface area (Å²) in [5, 5.41) is 8.62. The van der Waals surface area contributed by atoms with E-state index in [1.165, 1.54) is 6.07 Å². The van der Waals surface area contributed by atoms with E-state index in [2.05, 4.69) is 24.7 Å². The smallest absolute Gasteiger partial charge is 0.479 e. The summed E-state index contributed by atoms with van der Waals surface area (Å²) in [6.45, 7) is 9.66. The molecule has 0 fully saturated rings. The quantitative estimate of drug-likeness (QED) is 0.579. The van der Waals surface area contributed by atoms with Crippen LogP contribution in [0.4, 0.5) is 4.39 Å². The molecule has 0 radical (unpaired) electrons. The molecule has 0 aliphatic carbocycles. The predicted molar refractivity (Wildman–Crippen MR) is 63.1 cm³/mol. The van der Waals surface area contributed by atoms with Crippen molar-refractivity contribution < 1.29 is 37.9 Å². The minimum Gasteiger partial charge on any atom is -0.479 e. The second-order valence-corrected chi connectivity index (χ2v) is 2.97. The Kier molecular flexibility index (Phi) is 12.2. The first-order chi connectivity index (χ1) is 8.08. The first-order valence-electron chi connectivity index (χ1n) is 5.16. The fraction of sp³-hybridized carbons (Fsp3) is 0.308. The number of carbonyl (C=O) groups is 1. The summed E-state index contributed by atoms with van der Waals surface area (Å²) < 4.78 is 17.5. The number of hydrogen-bond donors (Lipinski definition) is 1. The maximum atomic E-state index is 12.9. The van der Waals surface area contributed by atoms with E-state index < -0.39 is 11.8 Å². The molecular weight excluding hydrogens is 230 g/mol. The zero-order valence-electron chi connectivity index (χ0n) is 10.8. The Morgan fingerprint density at radius 2 is 2.00 bits per heavy atom. The molecule has 0 amide bonds. The third-order valence-electron chi connectivity index (χ3n) is 1.91. The molecular formula is C13H16FLiO3-2. The third kappa shape index (κ3) is 6.80. The molecule has 5 heteroatoms. The number of aromatic carboxylic acids is 1. The molecule has 1 aromatic carbocycles. The minimum atomic E-state index is -1.22. The van der Waals surface area contributed by atoms with Gasteiger partial charge in [0.1, 0.15) is 0 Å². The molecule has 3 nitrogen and oxygen atoms in total. The van der Waals surface area contributed by atoms with Crippen molar-refractivity contribution in [3.63, 3.8) is 0 Å². The Morgan fingerprint density at radius 1 is 1.44 bits per heavy atom. The zero-order valence-corrected chi connectivity index (χ0v) is 10.8. The van der Waals surface area contributed by atoms with Crippen molar-refractivity contribution in [2.24, 2.45) is 0 Å². The van der Waals surface area contributed by atoms with E-state index in [0.717, 1.165) is 6.07 Å². The zero-order chi connectivity index (χ0) is 13.3. The number of hydrogen-bond acceptors (Lipinski definition) is 2. The van der Waals surface area contributed by atoms with Crippen molar-refractivity contribution in [1.82, 2.24) is 0 Å². The van der Waals surface area contributed by atoms with Crippen molar-refractivity contribution in [3.05, 3.63) is 49.0 Å². The summed E-state index contributed by atoms with van der Waals surface area (Å²) >= 11 is 0. The van der Waals surface area contributed by atoms with Gasteiger partial charge < -0.3 is 23.7 Å². The number of rotatable bonds is 4. The Hall–Kier alpha value is -0.823. The average molecular weight is 246 g/mol. The normalized spacial score (nSPS) is 8.89. The van der Waals surface area contributed by atoms with Crippen molar-refractivity contribution in [2.45, 2.75) is 13.3 Å². The fourth-order valence-electron chi connectivity index (χ4n) is 1.13. The molecule has 0 heterocycles. The molecule has 18 heavy (non-hydrogen) atoms. The van der Waals surface area contributed by atoms with Crippen LogP contribution in [0.25, 0.3) is 0 Å². The summed E-state index contributed by atoms with van der Waals surface area (Å²) in [5.74, 6) is -1.94. The molecule has 1 rings (SSSR count). The van der Waals surface area contributed by atoms with E-state index in [9.17, 15) is 9.18 Å². The van der Waals surface area contributed by atoms with Crippen LogP contribution in [0.3, 0.4) is 0 Å². The molecule has 0 aliphatic rings. The Morgan fingerprint density at radius 3 is 2.28 bits per heavy atom. The number of ether oxygens (including phenoxy) is 1. The van der Waals surface area contributed by atoms with Gasteiger partial charge in [0, 0.05) is 5.82 Å². The SMILES string of the molecule is CCc1c[c-]cc(F)c1C(=O)O.[CH2-]COC[CH2-].[Li+]. The maximum Gasteiger partial charge on any atom is 1.00 e. The van der Waals surface area contributed by atoms with Gasteiger partial charge in [-0.15, -0.1) is 11.6 Å². The first-order valence-corrected chi connectivity index (χ1v) is 5.16. The van der Waals surface area contributed by atoms with Crippen LogP contribution in [0.5, 0.6) is 0 Å². The van der Waals surface area contributed by atoms with Crippen molar-refractivity contribution in [1.29, 1.82) is 0 Å². The molecule has 0 aliphatic heterocycles. The molecule has 0 saturated carbocycles. The van der Waals surface area contributed by atoms with Gasteiger partial charge >= 0.3 is 24.8 Å². The molecule has 1 aromatic rings.